The maximum atomic E-state index is 11.8. The van der Waals surface area contributed by atoms with Crippen LogP contribution in [0.1, 0.15) is 38.2 Å². The quantitative estimate of drug-likeness (QED) is 0.815. The van der Waals surface area contributed by atoms with Crippen LogP contribution < -0.4 is 5.32 Å². The summed E-state index contributed by atoms with van der Waals surface area (Å²) < 4.78 is 5.01. The Kier molecular flexibility index (Phi) is 6.72. The largest absolute Gasteiger partial charge is 0.455 e. The second-order valence-electron chi connectivity index (χ2n) is 6.06. The van der Waals surface area contributed by atoms with Crippen molar-refractivity contribution in [3.05, 3.63) is 33.8 Å². The molecule has 1 amide bonds. The van der Waals surface area contributed by atoms with Crippen molar-refractivity contribution in [3.63, 3.8) is 0 Å². The summed E-state index contributed by atoms with van der Waals surface area (Å²) in [6.07, 6.45) is 4.16. The van der Waals surface area contributed by atoms with Gasteiger partial charge in [-0.3, -0.25) is 9.59 Å². The summed E-state index contributed by atoms with van der Waals surface area (Å²) in [5.41, 5.74) is 0.516. The van der Waals surface area contributed by atoms with Crippen molar-refractivity contribution >= 4 is 35.1 Å². The van der Waals surface area contributed by atoms with Gasteiger partial charge in [0.05, 0.1) is 6.42 Å². The van der Waals surface area contributed by atoms with Gasteiger partial charge in [-0.05, 0) is 43.7 Å². The zero-order chi connectivity index (χ0) is 16.8. The summed E-state index contributed by atoms with van der Waals surface area (Å²) >= 11 is 12.0. The lowest BCUT2D eigenvalue weighted by atomic mass is 9.87. The van der Waals surface area contributed by atoms with Gasteiger partial charge in [-0.1, -0.05) is 36.2 Å². The van der Waals surface area contributed by atoms with Crippen molar-refractivity contribution in [3.8, 4) is 0 Å². The Morgan fingerprint density at radius 3 is 2.39 bits per heavy atom. The van der Waals surface area contributed by atoms with Crippen molar-refractivity contribution in [2.75, 3.05) is 6.61 Å². The standard InChI is InChI=1S/C17H21Cl2NO3/c1-11-5-7-12(8-6-11)20-16(21)10-23-17(22)9-13-14(18)3-2-4-15(13)19/h2-4,11-12H,5-10H2,1H3,(H,20,21). The predicted molar refractivity (Wildman–Crippen MR) is 90.7 cm³/mol. The first kappa shape index (κ1) is 18.1. The van der Waals surface area contributed by atoms with E-state index in [4.69, 9.17) is 27.9 Å². The molecule has 126 valence electrons. The maximum absolute atomic E-state index is 11.8. The molecule has 2 rings (SSSR count). The number of hydrogen-bond acceptors (Lipinski definition) is 3. The topological polar surface area (TPSA) is 55.4 Å². The van der Waals surface area contributed by atoms with E-state index >= 15 is 0 Å². The molecule has 0 unspecified atom stereocenters. The van der Waals surface area contributed by atoms with E-state index < -0.39 is 5.97 Å². The molecule has 0 atom stereocenters. The normalized spacial score (nSPS) is 20.8. The number of amides is 1. The number of nitrogens with one attached hydrogen (secondary N) is 1. The number of halogens is 2. The van der Waals surface area contributed by atoms with E-state index in [0.717, 1.165) is 31.6 Å². The van der Waals surface area contributed by atoms with Crippen molar-refractivity contribution in [2.45, 2.75) is 45.1 Å². The summed E-state index contributed by atoms with van der Waals surface area (Å²) in [4.78, 5) is 23.7. The molecule has 1 aromatic carbocycles. The second-order valence-corrected chi connectivity index (χ2v) is 6.88. The van der Waals surface area contributed by atoms with Crippen LogP contribution >= 0.6 is 23.2 Å². The Morgan fingerprint density at radius 2 is 1.78 bits per heavy atom. The fourth-order valence-electron chi connectivity index (χ4n) is 2.72. The Bertz CT molecular complexity index is 549. The number of esters is 1. The zero-order valence-electron chi connectivity index (χ0n) is 13.1. The van der Waals surface area contributed by atoms with Gasteiger partial charge in [-0.25, -0.2) is 0 Å². The van der Waals surface area contributed by atoms with E-state index in [1.807, 2.05) is 0 Å². The molecule has 1 saturated carbocycles. The minimum Gasteiger partial charge on any atom is -0.455 e. The third kappa shape index (κ3) is 5.70. The van der Waals surface area contributed by atoms with Crippen molar-refractivity contribution in [1.29, 1.82) is 0 Å². The SMILES string of the molecule is CC1CCC(NC(=O)COC(=O)Cc2c(Cl)cccc2Cl)CC1. The van der Waals surface area contributed by atoms with Gasteiger partial charge < -0.3 is 10.1 Å². The highest BCUT2D eigenvalue weighted by atomic mass is 35.5. The van der Waals surface area contributed by atoms with Crippen molar-refractivity contribution in [2.24, 2.45) is 5.92 Å². The van der Waals surface area contributed by atoms with Crippen LogP contribution in [0.15, 0.2) is 18.2 Å². The fourth-order valence-corrected chi connectivity index (χ4v) is 3.25. The van der Waals surface area contributed by atoms with Crippen LogP contribution in [0, 0.1) is 5.92 Å². The van der Waals surface area contributed by atoms with E-state index in [1.54, 1.807) is 18.2 Å². The first-order chi connectivity index (χ1) is 11.0. The van der Waals surface area contributed by atoms with Gasteiger partial charge in [0, 0.05) is 21.7 Å². The van der Waals surface area contributed by atoms with Gasteiger partial charge in [-0.2, -0.15) is 0 Å². The second kappa shape index (κ2) is 8.55. The summed E-state index contributed by atoms with van der Waals surface area (Å²) in [6.45, 7) is 1.95. The molecule has 1 N–H and O–H groups in total. The van der Waals surface area contributed by atoms with E-state index in [9.17, 15) is 9.59 Å². The molecule has 0 heterocycles. The van der Waals surface area contributed by atoms with Crippen LogP contribution in [0.5, 0.6) is 0 Å². The van der Waals surface area contributed by atoms with Gasteiger partial charge in [0.15, 0.2) is 6.61 Å². The number of rotatable bonds is 5. The van der Waals surface area contributed by atoms with Gasteiger partial charge >= 0.3 is 5.97 Å². The molecule has 0 saturated heterocycles. The van der Waals surface area contributed by atoms with Crippen molar-refractivity contribution < 1.29 is 14.3 Å². The highest BCUT2D eigenvalue weighted by molar-refractivity contribution is 6.36. The molecule has 0 radical (unpaired) electrons. The Balaban J connectivity index is 1.75. The molecule has 1 aliphatic carbocycles. The van der Waals surface area contributed by atoms with E-state index in [-0.39, 0.29) is 25.0 Å². The number of carbonyl (C=O) groups excluding carboxylic acids is 2. The van der Waals surface area contributed by atoms with Crippen LogP contribution in [-0.4, -0.2) is 24.5 Å². The third-order valence-electron chi connectivity index (χ3n) is 4.13. The molecule has 23 heavy (non-hydrogen) atoms. The molecule has 0 aromatic heterocycles. The van der Waals surface area contributed by atoms with Crippen LogP contribution in [0.2, 0.25) is 10.0 Å². The fraction of sp³-hybridized carbons (Fsp3) is 0.529. The molecule has 1 aromatic rings. The van der Waals surface area contributed by atoms with Gasteiger partial charge in [-0.15, -0.1) is 0 Å². The van der Waals surface area contributed by atoms with E-state index in [0.29, 0.717) is 15.6 Å². The number of benzene rings is 1. The van der Waals surface area contributed by atoms with Crippen LogP contribution in [-0.2, 0) is 20.7 Å². The van der Waals surface area contributed by atoms with Crippen molar-refractivity contribution in [1.82, 2.24) is 5.32 Å². The summed E-state index contributed by atoms with van der Waals surface area (Å²) in [5, 5.41) is 3.74. The number of carbonyl (C=O) groups is 2. The molecule has 0 bridgehead atoms. The maximum Gasteiger partial charge on any atom is 0.310 e. The Labute approximate surface area is 146 Å². The Hall–Kier alpha value is -1.26. The summed E-state index contributed by atoms with van der Waals surface area (Å²) in [5.74, 6) is -0.0584. The highest BCUT2D eigenvalue weighted by Gasteiger charge is 2.20. The van der Waals surface area contributed by atoms with Crippen LogP contribution in [0.3, 0.4) is 0 Å². The zero-order valence-corrected chi connectivity index (χ0v) is 14.6. The summed E-state index contributed by atoms with van der Waals surface area (Å²) in [6, 6.07) is 5.22. The van der Waals surface area contributed by atoms with Crippen LogP contribution in [0.4, 0.5) is 0 Å². The first-order valence-electron chi connectivity index (χ1n) is 7.83. The monoisotopic (exact) mass is 357 g/mol. The van der Waals surface area contributed by atoms with Crippen LogP contribution in [0.25, 0.3) is 0 Å². The lowest BCUT2D eigenvalue weighted by molar-refractivity contribution is -0.148. The Morgan fingerprint density at radius 1 is 1.17 bits per heavy atom. The average molecular weight is 358 g/mol. The lowest BCUT2D eigenvalue weighted by Gasteiger charge is -2.26. The molecular weight excluding hydrogens is 337 g/mol. The van der Waals surface area contributed by atoms with Gasteiger partial charge in [0.25, 0.3) is 5.91 Å². The van der Waals surface area contributed by atoms with Gasteiger partial charge in [0.2, 0.25) is 0 Å². The molecule has 1 fully saturated rings. The minimum absolute atomic E-state index is 0.0489. The molecule has 0 spiro atoms. The third-order valence-corrected chi connectivity index (χ3v) is 4.84. The van der Waals surface area contributed by atoms with E-state index in [1.165, 1.54) is 0 Å². The lowest BCUT2D eigenvalue weighted by Crippen LogP contribution is -2.39. The average Bonchev–Trinajstić information content (AvgIpc) is 2.51. The number of ether oxygens (including phenoxy) is 1. The summed E-state index contributed by atoms with van der Waals surface area (Å²) in [7, 11) is 0. The van der Waals surface area contributed by atoms with Gasteiger partial charge in [0.1, 0.15) is 0 Å². The minimum atomic E-state index is -0.521. The smallest absolute Gasteiger partial charge is 0.310 e. The highest BCUT2D eigenvalue weighted by Crippen LogP contribution is 2.25. The molecule has 4 nitrogen and oxygen atoms in total. The number of hydrogen-bond donors (Lipinski definition) is 1. The predicted octanol–water partition coefficient (Wildman–Crippen LogP) is 3.77. The molecule has 0 aliphatic heterocycles. The van der Waals surface area contributed by atoms with E-state index in [2.05, 4.69) is 12.2 Å². The molecule has 6 heteroatoms. The molecule has 1 aliphatic rings. The molecular formula is C17H21Cl2NO3. The first-order valence-corrected chi connectivity index (χ1v) is 8.59.